The van der Waals surface area contributed by atoms with Crippen molar-refractivity contribution in [2.75, 3.05) is 46.6 Å². The number of likely N-dealkylation sites (N-methyl/N-ethyl adjacent to an activating group) is 1. The smallest absolute Gasteiger partial charge is 0.168 e. The second-order valence-electron chi connectivity index (χ2n) is 5.90. The van der Waals surface area contributed by atoms with Crippen molar-refractivity contribution in [2.24, 2.45) is 0 Å². The zero-order chi connectivity index (χ0) is 13.1. The van der Waals surface area contributed by atoms with Crippen molar-refractivity contribution in [1.82, 2.24) is 4.90 Å². The van der Waals surface area contributed by atoms with Crippen LogP contribution in [0.4, 0.5) is 0 Å². The molecule has 110 valence electrons. The van der Waals surface area contributed by atoms with E-state index in [-0.39, 0.29) is 11.9 Å². The quantitative estimate of drug-likeness (QED) is 0.766. The first-order chi connectivity index (χ1) is 9.26. The fourth-order valence-corrected chi connectivity index (χ4v) is 3.19. The largest absolute Gasteiger partial charge is 0.375 e. The summed E-state index contributed by atoms with van der Waals surface area (Å²) in [7, 11) is 2.13. The highest BCUT2D eigenvalue weighted by atomic mass is 16.7. The number of nitrogens with zero attached hydrogens (tertiary/aromatic N) is 1. The first-order valence-corrected chi connectivity index (χ1v) is 7.45. The molecule has 0 aromatic rings. The molecule has 5 heteroatoms. The Balaban J connectivity index is 1.37. The lowest BCUT2D eigenvalue weighted by Gasteiger charge is -2.36. The van der Waals surface area contributed by atoms with E-state index in [1.165, 1.54) is 0 Å². The molecule has 0 aromatic heterocycles. The average molecular weight is 271 g/mol. The Morgan fingerprint density at radius 1 is 1.16 bits per heavy atom. The lowest BCUT2D eigenvalue weighted by molar-refractivity contribution is -0.194. The van der Waals surface area contributed by atoms with E-state index >= 15 is 0 Å². The molecular formula is C14H25NO4. The molecule has 1 atom stereocenters. The Morgan fingerprint density at radius 3 is 2.58 bits per heavy atom. The van der Waals surface area contributed by atoms with Crippen LogP contribution in [0, 0.1) is 0 Å². The fourth-order valence-electron chi connectivity index (χ4n) is 3.19. The highest BCUT2D eigenvalue weighted by Crippen LogP contribution is 2.36. The van der Waals surface area contributed by atoms with Gasteiger partial charge in [-0.15, -0.1) is 0 Å². The highest BCUT2D eigenvalue weighted by molar-refractivity contribution is 4.83. The summed E-state index contributed by atoms with van der Waals surface area (Å²) >= 11 is 0. The molecule has 3 fully saturated rings. The first kappa shape index (κ1) is 13.8. The number of hydrogen-bond donors (Lipinski definition) is 0. The molecule has 1 saturated carbocycles. The van der Waals surface area contributed by atoms with Gasteiger partial charge in [0.05, 0.1) is 38.6 Å². The molecule has 0 aromatic carbocycles. The average Bonchev–Trinajstić information content (AvgIpc) is 2.87. The topological polar surface area (TPSA) is 40.2 Å². The zero-order valence-electron chi connectivity index (χ0n) is 11.8. The molecule has 0 bridgehead atoms. The summed E-state index contributed by atoms with van der Waals surface area (Å²) in [6.07, 6.45) is 4.56. The summed E-state index contributed by atoms with van der Waals surface area (Å²) in [5, 5.41) is 0. The lowest BCUT2D eigenvalue weighted by atomic mass is 9.92. The third-order valence-electron chi connectivity index (χ3n) is 4.37. The van der Waals surface area contributed by atoms with Crippen molar-refractivity contribution >= 4 is 0 Å². The standard InChI is InChI=1S/C14H25NO4/c1-15-6-7-16-13(10-15)11-17-12-2-4-14(5-3-12)18-8-9-19-14/h12-13H,2-11H2,1H3. The predicted molar refractivity (Wildman–Crippen MR) is 70.1 cm³/mol. The molecule has 2 aliphatic heterocycles. The molecule has 1 unspecified atom stereocenters. The maximum Gasteiger partial charge on any atom is 0.168 e. The van der Waals surface area contributed by atoms with Gasteiger partial charge in [0.25, 0.3) is 0 Å². The minimum atomic E-state index is -0.276. The van der Waals surface area contributed by atoms with Gasteiger partial charge in [-0.3, -0.25) is 0 Å². The van der Waals surface area contributed by atoms with Gasteiger partial charge < -0.3 is 23.8 Å². The lowest BCUT2D eigenvalue weighted by Crippen LogP contribution is -2.43. The van der Waals surface area contributed by atoms with Crippen molar-refractivity contribution in [3.8, 4) is 0 Å². The van der Waals surface area contributed by atoms with E-state index in [4.69, 9.17) is 18.9 Å². The van der Waals surface area contributed by atoms with Gasteiger partial charge in [-0.25, -0.2) is 0 Å². The molecule has 3 aliphatic rings. The Hall–Kier alpha value is -0.200. The first-order valence-electron chi connectivity index (χ1n) is 7.45. The molecule has 5 nitrogen and oxygen atoms in total. The number of rotatable bonds is 3. The van der Waals surface area contributed by atoms with Crippen LogP contribution in [-0.2, 0) is 18.9 Å². The van der Waals surface area contributed by atoms with E-state index < -0.39 is 0 Å². The van der Waals surface area contributed by atoms with E-state index in [1.807, 2.05) is 0 Å². The van der Waals surface area contributed by atoms with E-state index in [9.17, 15) is 0 Å². The van der Waals surface area contributed by atoms with E-state index in [0.29, 0.717) is 12.7 Å². The van der Waals surface area contributed by atoms with Crippen LogP contribution in [0.25, 0.3) is 0 Å². The molecule has 1 spiro atoms. The van der Waals surface area contributed by atoms with Crippen LogP contribution in [0.1, 0.15) is 25.7 Å². The summed E-state index contributed by atoms with van der Waals surface area (Å²) in [4.78, 5) is 2.30. The Labute approximate surface area is 115 Å². The second-order valence-corrected chi connectivity index (χ2v) is 5.90. The van der Waals surface area contributed by atoms with Gasteiger partial charge in [-0.1, -0.05) is 0 Å². The molecule has 1 aliphatic carbocycles. The highest BCUT2D eigenvalue weighted by Gasteiger charge is 2.40. The van der Waals surface area contributed by atoms with E-state index in [1.54, 1.807) is 0 Å². The molecule has 19 heavy (non-hydrogen) atoms. The number of morpholine rings is 1. The summed E-state index contributed by atoms with van der Waals surface area (Å²) < 4.78 is 23.2. The maximum atomic E-state index is 6.01. The van der Waals surface area contributed by atoms with Crippen LogP contribution in [-0.4, -0.2) is 69.5 Å². The summed E-state index contributed by atoms with van der Waals surface area (Å²) in [6.45, 7) is 5.02. The SMILES string of the molecule is CN1CCOC(COC2CCC3(CC2)OCCO3)C1. The number of hydrogen-bond acceptors (Lipinski definition) is 5. The normalized spacial score (nSPS) is 33.0. The van der Waals surface area contributed by atoms with Crippen molar-refractivity contribution in [1.29, 1.82) is 0 Å². The van der Waals surface area contributed by atoms with Gasteiger partial charge in [-0.2, -0.15) is 0 Å². The van der Waals surface area contributed by atoms with Crippen LogP contribution in [0.2, 0.25) is 0 Å². The third kappa shape index (κ3) is 3.47. The predicted octanol–water partition coefficient (Wildman–Crippen LogP) is 1.02. The monoisotopic (exact) mass is 271 g/mol. The van der Waals surface area contributed by atoms with Crippen molar-refractivity contribution in [3.05, 3.63) is 0 Å². The van der Waals surface area contributed by atoms with Crippen LogP contribution < -0.4 is 0 Å². The summed E-state index contributed by atoms with van der Waals surface area (Å²) in [5.74, 6) is -0.276. The van der Waals surface area contributed by atoms with Gasteiger partial charge in [0.1, 0.15) is 0 Å². The van der Waals surface area contributed by atoms with Crippen molar-refractivity contribution < 1.29 is 18.9 Å². The van der Waals surface area contributed by atoms with Crippen molar-refractivity contribution in [3.63, 3.8) is 0 Å². The van der Waals surface area contributed by atoms with E-state index in [0.717, 1.165) is 58.6 Å². The van der Waals surface area contributed by atoms with Crippen molar-refractivity contribution in [2.45, 2.75) is 43.7 Å². The van der Waals surface area contributed by atoms with Gasteiger partial charge in [0.2, 0.25) is 0 Å². The Morgan fingerprint density at radius 2 is 1.89 bits per heavy atom. The summed E-state index contributed by atoms with van der Waals surface area (Å²) in [5.41, 5.74) is 0. The van der Waals surface area contributed by atoms with Crippen LogP contribution in [0.3, 0.4) is 0 Å². The van der Waals surface area contributed by atoms with Gasteiger partial charge in [0, 0.05) is 25.9 Å². The molecule has 0 amide bonds. The maximum absolute atomic E-state index is 6.01. The number of ether oxygens (including phenoxy) is 4. The summed E-state index contributed by atoms with van der Waals surface area (Å²) in [6, 6.07) is 0. The fraction of sp³-hybridized carbons (Fsp3) is 1.00. The molecular weight excluding hydrogens is 246 g/mol. The van der Waals surface area contributed by atoms with Crippen LogP contribution in [0.15, 0.2) is 0 Å². The molecule has 0 radical (unpaired) electrons. The van der Waals surface area contributed by atoms with Gasteiger partial charge >= 0.3 is 0 Å². The zero-order valence-corrected chi connectivity index (χ0v) is 11.8. The second kappa shape index (κ2) is 6.06. The molecule has 2 heterocycles. The van der Waals surface area contributed by atoms with Gasteiger partial charge in [-0.05, 0) is 19.9 Å². The molecule has 0 N–H and O–H groups in total. The van der Waals surface area contributed by atoms with Crippen LogP contribution >= 0.6 is 0 Å². The molecule has 3 rings (SSSR count). The third-order valence-corrected chi connectivity index (χ3v) is 4.37. The Kier molecular flexibility index (Phi) is 4.39. The van der Waals surface area contributed by atoms with Gasteiger partial charge in [0.15, 0.2) is 5.79 Å². The minimum Gasteiger partial charge on any atom is -0.375 e. The van der Waals surface area contributed by atoms with E-state index in [2.05, 4.69) is 11.9 Å². The van der Waals surface area contributed by atoms with Crippen LogP contribution in [0.5, 0.6) is 0 Å². The minimum absolute atomic E-state index is 0.230. The Bertz CT molecular complexity index is 283. The molecule has 2 saturated heterocycles.